The molecule has 1 rings (SSSR count). The molecule has 84 valence electrons. The Labute approximate surface area is 92.4 Å². The molecular formula is C13H21NO. The van der Waals surface area contributed by atoms with Gasteiger partial charge in [0.05, 0.1) is 6.61 Å². The van der Waals surface area contributed by atoms with E-state index in [4.69, 9.17) is 10.5 Å². The Morgan fingerprint density at radius 2 is 2.00 bits per heavy atom. The predicted molar refractivity (Wildman–Crippen MR) is 64.4 cm³/mol. The van der Waals surface area contributed by atoms with Gasteiger partial charge in [0.2, 0.25) is 0 Å². The first-order valence-corrected chi connectivity index (χ1v) is 5.76. The highest BCUT2D eigenvalue weighted by Gasteiger charge is 2.03. The van der Waals surface area contributed by atoms with Crippen LogP contribution in [0, 0.1) is 0 Å². The molecule has 0 saturated heterocycles. The van der Waals surface area contributed by atoms with E-state index in [1.807, 2.05) is 6.92 Å². The third-order valence-electron chi connectivity index (χ3n) is 2.38. The summed E-state index contributed by atoms with van der Waals surface area (Å²) in [6.07, 6.45) is 3.20. The molecule has 0 heterocycles. The van der Waals surface area contributed by atoms with Gasteiger partial charge in [-0.05, 0) is 43.5 Å². The van der Waals surface area contributed by atoms with E-state index in [1.165, 1.54) is 17.5 Å². The summed E-state index contributed by atoms with van der Waals surface area (Å²) in [6, 6.07) is 6.44. The highest BCUT2D eigenvalue weighted by molar-refractivity contribution is 5.37. The number of aryl methyl sites for hydroxylation is 1. The molecule has 2 N–H and O–H groups in total. The summed E-state index contributed by atoms with van der Waals surface area (Å²) in [6.45, 7) is 5.59. The van der Waals surface area contributed by atoms with Gasteiger partial charge in [0.25, 0.3) is 0 Å². The molecule has 0 spiro atoms. The summed E-state index contributed by atoms with van der Waals surface area (Å²) in [7, 11) is 0. The Morgan fingerprint density at radius 3 is 2.60 bits per heavy atom. The van der Waals surface area contributed by atoms with Crippen molar-refractivity contribution in [3.8, 4) is 5.75 Å². The molecule has 15 heavy (non-hydrogen) atoms. The van der Waals surface area contributed by atoms with Crippen molar-refractivity contribution in [2.75, 3.05) is 13.2 Å². The maximum absolute atomic E-state index is 5.59. The Balaban J connectivity index is 2.87. The molecule has 1 aromatic rings. The number of hydrogen-bond acceptors (Lipinski definition) is 2. The topological polar surface area (TPSA) is 35.2 Å². The minimum Gasteiger partial charge on any atom is -0.494 e. The van der Waals surface area contributed by atoms with E-state index >= 15 is 0 Å². The summed E-state index contributed by atoms with van der Waals surface area (Å²) < 4.78 is 5.57. The molecule has 0 aliphatic heterocycles. The molecule has 0 amide bonds. The van der Waals surface area contributed by atoms with Crippen molar-refractivity contribution in [2.24, 2.45) is 5.73 Å². The van der Waals surface area contributed by atoms with Crippen LogP contribution in [0.4, 0.5) is 0 Å². The third kappa shape index (κ3) is 3.56. The van der Waals surface area contributed by atoms with Gasteiger partial charge in [-0.15, -0.1) is 0 Å². The van der Waals surface area contributed by atoms with E-state index in [9.17, 15) is 0 Å². The van der Waals surface area contributed by atoms with Crippen LogP contribution in [0.2, 0.25) is 0 Å². The Bertz CT molecular complexity index is 297. The maximum atomic E-state index is 5.59. The molecule has 0 radical (unpaired) electrons. The molecule has 0 aliphatic rings. The summed E-state index contributed by atoms with van der Waals surface area (Å²) in [5.41, 5.74) is 8.21. The molecule has 2 heteroatoms. The van der Waals surface area contributed by atoms with Gasteiger partial charge >= 0.3 is 0 Å². The van der Waals surface area contributed by atoms with E-state index in [1.54, 1.807) is 0 Å². The number of benzene rings is 1. The number of hydrogen-bond donors (Lipinski definition) is 1. The van der Waals surface area contributed by atoms with Crippen molar-refractivity contribution in [3.05, 3.63) is 29.3 Å². The minimum absolute atomic E-state index is 0.676. The Hall–Kier alpha value is -1.02. The van der Waals surface area contributed by atoms with Crippen LogP contribution in [0.5, 0.6) is 5.75 Å². The van der Waals surface area contributed by atoms with Crippen molar-refractivity contribution in [1.29, 1.82) is 0 Å². The fourth-order valence-electron chi connectivity index (χ4n) is 1.72. The molecule has 0 saturated carbocycles. The van der Waals surface area contributed by atoms with Crippen LogP contribution in [0.15, 0.2) is 18.2 Å². The third-order valence-corrected chi connectivity index (χ3v) is 2.38. The first kappa shape index (κ1) is 12.1. The predicted octanol–water partition coefficient (Wildman–Crippen LogP) is 2.54. The molecule has 2 nitrogen and oxygen atoms in total. The lowest BCUT2D eigenvalue weighted by molar-refractivity contribution is 0.336. The Morgan fingerprint density at radius 1 is 1.20 bits per heavy atom. The second-order valence-electron chi connectivity index (χ2n) is 3.66. The molecule has 0 atom stereocenters. The largest absolute Gasteiger partial charge is 0.494 e. The molecule has 0 aromatic heterocycles. The lowest BCUT2D eigenvalue weighted by Crippen LogP contribution is -2.06. The molecule has 0 aliphatic carbocycles. The van der Waals surface area contributed by atoms with Crippen molar-refractivity contribution >= 4 is 0 Å². The van der Waals surface area contributed by atoms with E-state index in [2.05, 4.69) is 25.1 Å². The quantitative estimate of drug-likeness (QED) is 0.778. The summed E-state index contributed by atoms with van der Waals surface area (Å²) >= 11 is 0. The van der Waals surface area contributed by atoms with Gasteiger partial charge in [0.15, 0.2) is 0 Å². The van der Waals surface area contributed by atoms with Crippen molar-refractivity contribution in [2.45, 2.75) is 33.1 Å². The summed E-state index contributed by atoms with van der Waals surface area (Å²) in [5, 5.41) is 0. The zero-order chi connectivity index (χ0) is 11.1. The van der Waals surface area contributed by atoms with Crippen LogP contribution in [0.25, 0.3) is 0 Å². The molecular weight excluding hydrogens is 186 g/mol. The maximum Gasteiger partial charge on any atom is 0.122 e. The molecule has 0 bridgehead atoms. The first-order chi connectivity index (χ1) is 7.31. The average Bonchev–Trinajstić information content (AvgIpc) is 2.23. The van der Waals surface area contributed by atoms with Crippen LogP contribution in [0.1, 0.15) is 31.4 Å². The van der Waals surface area contributed by atoms with Gasteiger partial charge in [-0.25, -0.2) is 0 Å². The minimum atomic E-state index is 0.676. The highest BCUT2D eigenvalue weighted by Crippen LogP contribution is 2.21. The second-order valence-corrected chi connectivity index (χ2v) is 3.66. The van der Waals surface area contributed by atoms with Crippen LogP contribution >= 0.6 is 0 Å². The van der Waals surface area contributed by atoms with Crippen LogP contribution < -0.4 is 10.5 Å². The van der Waals surface area contributed by atoms with Gasteiger partial charge < -0.3 is 10.5 Å². The molecule has 0 unspecified atom stereocenters. The zero-order valence-corrected chi connectivity index (χ0v) is 9.75. The monoisotopic (exact) mass is 207 g/mol. The zero-order valence-electron chi connectivity index (χ0n) is 9.75. The van der Waals surface area contributed by atoms with Crippen molar-refractivity contribution < 1.29 is 4.74 Å². The lowest BCUT2D eigenvalue weighted by atomic mass is 10.0. The highest BCUT2D eigenvalue weighted by atomic mass is 16.5. The Kier molecular flexibility index (Phi) is 5.19. The number of ether oxygens (including phenoxy) is 1. The number of nitrogens with two attached hydrogens (primary N) is 1. The van der Waals surface area contributed by atoms with Crippen LogP contribution in [0.3, 0.4) is 0 Å². The summed E-state index contributed by atoms with van der Waals surface area (Å²) in [5.74, 6) is 0.989. The average molecular weight is 207 g/mol. The van der Waals surface area contributed by atoms with E-state index in [0.717, 1.165) is 18.6 Å². The normalized spacial score (nSPS) is 10.3. The number of rotatable bonds is 6. The summed E-state index contributed by atoms with van der Waals surface area (Å²) in [4.78, 5) is 0. The van der Waals surface area contributed by atoms with Crippen LogP contribution in [-0.2, 0) is 12.8 Å². The van der Waals surface area contributed by atoms with Crippen molar-refractivity contribution in [3.63, 3.8) is 0 Å². The first-order valence-electron chi connectivity index (χ1n) is 5.76. The fraction of sp³-hybridized carbons (Fsp3) is 0.538. The van der Waals surface area contributed by atoms with E-state index in [-0.39, 0.29) is 0 Å². The lowest BCUT2D eigenvalue weighted by Gasteiger charge is -2.11. The van der Waals surface area contributed by atoms with Gasteiger partial charge in [-0.2, -0.15) is 0 Å². The fourth-order valence-corrected chi connectivity index (χ4v) is 1.72. The van der Waals surface area contributed by atoms with Crippen molar-refractivity contribution in [1.82, 2.24) is 0 Å². The SMILES string of the molecule is CCCc1ccc(OCC)c(CCN)c1. The molecule has 0 fully saturated rings. The van der Waals surface area contributed by atoms with Gasteiger partial charge in [-0.3, -0.25) is 0 Å². The van der Waals surface area contributed by atoms with Gasteiger partial charge in [0.1, 0.15) is 5.75 Å². The smallest absolute Gasteiger partial charge is 0.122 e. The van der Waals surface area contributed by atoms with Gasteiger partial charge in [0, 0.05) is 0 Å². The molecule has 1 aromatic carbocycles. The van der Waals surface area contributed by atoms with Crippen LogP contribution in [-0.4, -0.2) is 13.2 Å². The standard InChI is InChI=1S/C13H21NO/c1-3-5-11-6-7-13(15-4-2)12(10-11)8-9-14/h6-7,10H,3-5,8-9,14H2,1-2H3. The van der Waals surface area contributed by atoms with Gasteiger partial charge in [-0.1, -0.05) is 25.5 Å². The second kappa shape index (κ2) is 6.46. The van der Waals surface area contributed by atoms with E-state index in [0.29, 0.717) is 13.2 Å². The van der Waals surface area contributed by atoms with E-state index < -0.39 is 0 Å².